The van der Waals surface area contributed by atoms with Gasteiger partial charge in [0.1, 0.15) is 17.7 Å². The number of carbonyl (C=O) groups excluding carboxylic acids is 1. The highest BCUT2D eigenvalue weighted by molar-refractivity contribution is 7.07. The van der Waals surface area contributed by atoms with E-state index in [1.165, 1.54) is 6.07 Å². The predicted octanol–water partition coefficient (Wildman–Crippen LogP) is 2.81. The third-order valence-corrected chi connectivity index (χ3v) is 3.78. The van der Waals surface area contributed by atoms with Crippen LogP contribution in [0, 0.1) is 11.6 Å². The summed E-state index contributed by atoms with van der Waals surface area (Å²) in [5, 5.41) is 16.2. The molecular formula is C15H15F2NO2S. The molecule has 1 heterocycles. The molecule has 0 spiro atoms. The molecular weight excluding hydrogens is 296 g/mol. The number of hydrogen-bond donors (Lipinski definition) is 2. The van der Waals surface area contributed by atoms with Crippen LogP contribution < -0.4 is 5.32 Å². The molecule has 0 aliphatic heterocycles. The van der Waals surface area contributed by atoms with E-state index in [2.05, 4.69) is 5.32 Å². The summed E-state index contributed by atoms with van der Waals surface area (Å²) in [5.74, 6) is -1.91. The van der Waals surface area contributed by atoms with Gasteiger partial charge in [-0.15, -0.1) is 0 Å². The largest absolute Gasteiger partial charge is 0.386 e. The van der Waals surface area contributed by atoms with Crippen LogP contribution in [-0.2, 0) is 11.2 Å². The third-order valence-electron chi connectivity index (χ3n) is 3.05. The van der Waals surface area contributed by atoms with E-state index in [1.54, 1.807) is 11.3 Å². The number of halogens is 2. The molecule has 0 saturated heterocycles. The first-order valence-electron chi connectivity index (χ1n) is 6.47. The minimum Gasteiger partial charge on any atom is -0.386 e. The van der Waals surface area contributed by atoms with Gasteiger partial charge < -0.3 is 10.4 Å². The van der Waals surface area contributed by atoms with Crippen LogP contribution in [0.3, 0.4) is 0 Å². The zero-order valence-corrected chi connectivity index (χ0v) is 12.0. The maximum absolute atomic E-state index is 13.4. The quantitative estimate of drug-likeness (QED) is 0.862. The lowest BCUT2D eigenvalue weighted by Crippen LogP contribution is -2.29. The average molecular weight is 311 g/mol. The van der Waals surface area contributed by atoms with Gasteiger partial charge in [-0.05, 0) is 40.9 Å². The molecule has 0 unspecified atom stereocenters. The zero-order chi connectivity index (χ0) is 15.2. The van der Waals surface area contributed by atoms with E-state index in [1.807, 2.05) is 16.8 Å². The van der Waals surface area contributed by atoms with Crippen molar-refractivity contribution < 1.29 is 18.7 Å². The molecule has 1 atom stereocenters. The molecule has 0 radical (unpaired) electrons. The van der Waals surface area contributed by atoms with Gasteiger partial charge in [0.25, 0.3) is 0 Å². The van der Waals surface area contributed by atoms with E-state index in [0.29, 0.717) is 6.42 Å². The van der Waals surface area contributed by atoms with Crippen LogP contribution in [0.2, 0.25) is 0 Å². The van der Waals surface area contributed by atoms with Gasteiger partial charge in [0.05, 0.1) is 5.56 Å². The molecule has 1 aromatic carbocycles. The summed E-state index contributed by atoms with van der Waals surface area (Å²) >= 11 is 1.55. The van der Waals surface area contributed by atoms with Crippen LogP contribution in [0.5, 0.6) is 0 Å². The topological polar surface area (TPSA) is 49.3 Å². The van der Waals surface area contributed by atoms with Crippen molar-refractivity contribution in [2.24, 2.45) is 0 Å². The number of rotatable bonds is 6. The monoisotopic (exact) mass is 311 g/mol. The van der Waals surface area contributed by atoms with Crippen molar-refractivity contribution in [3.8, 4) is 0 Å². The molecule has 0 aliphatic carbocycles. The Morgan fingerprint density at radius 2 is 2.00 bits per heavy atom. The molecule has 1 aromatic heterocycles. The summed E-state index contributed by atoms with van der Waals surface area (Å²) in [4.78, 5) is 11.6. The summed E-state index contributed by atoms with van der Waals surface area (Å²) in [6.45, 7) is -0.222. The maximum Gasteiger partial charge on any atom is 0.220 e. The Kier molecular flexibility index (Phi) is 5.41. The number of thiophene rings is 1. The van der Waals surface area contributed by atoms with Crippen molar-refractivity contribution in [3.05, 3.63) is 57.8 Å². The fourth-order valence-corrected chi connectivity index (χ4v) is 2.63. The highest BCUT2D eigenvalue weighted by Crippen LogP contribution is 2.20. The molecule has 21 heavy (non-hydrogen) atoms. The Hall–Kier alpha value is -1.79. The minimum absolute atomic E-state index is 0.222. The predicted molar refractivity (Wildman–Crippen MR) is 77.0 cm³/mol. The van der Waals surface area contributed by atoms with Gasteiger partial charge >= 0.3 is 0 Å². The van der Waals surface area contributed by atoms with E-state index in [0.717, 1.165) is 17.7 Å². The van der Waals surface area contributed by atoms with Crippen molar-refractivity contribution in [1.82, 2.24) is 5.32 Å². The Morgan fingerprint density at radius 1 is 1.29 bits per heavy atom. The van der Waals surface area contributed by atoms with Gasteiger partial charge in [-0.3, -0.25) is 4.79 Å². The van der Waals surface area contributed by atoms with E-state index in [4.69, 9.17) is 0 Å². The third kappa shape index (κ3) is 4.34. The second kappa shape index (κ2) is 7.28. The van der Waals surface area contributed by atoms with Gasteiger partial charge in [0.15, 0.2) is 0 Å². The average Bonchev–Trinajstić information content (AvgIpc) is 2.96. The fraction of sp³-hybridized carbons (Fsp3) is 0.267. The van der Waals surface area contributed by atoms with Gasteiger partial charge in [-0.25, -0.2) is 8.78 Å². The molecule has 2 aromatic rings. The lowest BCUT2D eigenvalue weighted by atomic mass is 10.1. The number of amides is 1. The van der Waals surface area contributed by atoms with Gasteiger partial charge in [-0.2, -0.15) is 11.3 Å². The van der Waals surface area contributed by atoms with Crippen LogP contribution in [0.4, 0.5) is 8.78 Å². The summed E-state index contributed by atoms with van der Waals surface area (Å²) in [6, 6.07) is 5.29. The Morgan fingerprint density at radius 3 is 2.62 bits per heavy atom. The molecule has 2 N–H and O–H groups in total. The fourth-order valence-electron chi connectivity index (χ4n) is 1.92. The number of aryl methyl sites for hydroxylation is 1. The number of aliphatic hydroxyl groups excluding tert-OH is 1. The van der Waals surface area contributed by atoms with E-state index in [-0.39, 0.29) is 18.9 Å². The second-order valence-corrected chi connectivity index (χ2v) is 5.37. The number of carbonyl (C=O) groups is 1. The van der Waals surface area contributed by atoms with Crippen LogP contribution >= 0.6 is 11.3 Å². The Labute approximate surface area is 125 Å². The molecule has 6 heteroatoms. The highest BCUT2D eigenvalue weighted by Gasteiger charge is 2.18. The normalized spacial score (nSPS) is 12.1. The summed E-state index contributed by atoms with van der Waals surface area (Å²) < 4.78 is 26.9. The first-order valence-corrected chi connectivity index (χ1v) is 7.42. The van der Waals surface area contributed by atoms with E-state index < -0.39 is 23.3 Å². The van der Waals surface area contributed by atoms with Crippen molar-refractivity contribution in [2.75, 3.05) is 6.54 Å². The molecule has 0 aliphatic rings. The molecule has 0 saturated carbocycles. The van der Waals surface area contributed by atoms with Crippen molar-refractivity contribution in [3.63, 3.8) is 0 Å². The lowest BCUT2D eigenvalue weighted by Gasteiger charge is -2.13. The minimum atomic E-state index is -1.41. The van der Waals surface area contributed by atoms with Crippen LogP contribution in [0.1, 0.15) is 23.7 Å². The molecule has 3 nitrogen and oxygen atoms in total. The van der Waals surface area contributed by atoms with E-state index >= 15 is 0 Å². The van der Waals surface area contributed by atoms with Crippen LogP contribution in [0.15, 0.2) is 35.0 Å². The zero-order valence-electron chi connectivity index (χ0n) is 11.2. The molecule has 112 valence electrons. The maximum atomic E-state index is 13.4. The van der Waals surface area contributed by atoms with Crippen molar-refractivity contribution in [2.45, 2.75) is 18.9 Å². The molecule has 0 fully saturated rings. The molecule has 1 amide bonds. The SMILES string of the molecule is O=C(CCc1ccsc1)NC[C@H](O)c1c(F)cccc1F. The van der Waals surface area contributed by atoms with Crippen molar-refractivity contribution in [1.29, 1.82) is 0 Å². The van der Waals surface area contributed by atoms with Gasteiger partial charge in [0, 0.05) is 13.0 Å². The van der Waals surface area contributed by atoms with Crippen LogP contribution in [-0.4, -0.2) is 17.6 Å². The lowest BCUT2D eigenvalue weighted by molar-refractivity contribution is -0.121. The van der Waals surface area contributed by atoms with Crippen LogP contribution in [0.25, 0.3) is 0 Å². The number of hydrogen-bond acceptors (Lipinski definition) is 3. The summed E-state index contributed by atoms with van der Waals surface area (Å²) in [5.41, 5.74) is 0.645. The highest BCUT2D eigenvalue weighted by atomic mass is 32.1. The standard InChI is InChI=1S/C15H15F2NO2S/c16-11-2-1-3-12(17)15(11)13(19)8-18-14(20)5-4-10-6-7-21-9-10/h1-3,6-7,9,13,19H,4-5,8H2,(H,18,20)/t13-/m0/s1. The smallest absolute Gasteiger partial charge is 0.220 e. The van der Waals surface area contributed by atoms with Gasteiger partial charge in [-0.1, -0.05) is 6.07 Å². The molecule has 0 bridgehead atoms. The second-order valence-electron chi connectivity index (χ2n) is 4.59. The molecule has 2 rings (SSSR count). The first-order chi connectivity index (χ1) is 10.1. The van der Waals surface area contributed by atoms with Gasteiger partial charge in [0.2, 0.25) is 5.91 Å². The summed E-state index contributed by atoms with van der Waals surface area (Å²) in [6.07, 6.45) is -0.542. The van der Waals surface area contributed by atoms with E-state index in [9.17, 15) is 18.7 Å². The number of nitrogens with one attached hydrogen (secondary N) is 1. The Balaban J connectivity index is 1.83. The Bertz CT molecular complexity index is 581. The number of benzene rings is 1. The number of aliphatic hydroxyl groups is 1. The summed E-state index contributed by atoms with van der Waals surface area (Å²) in [7, 11) is 0. The first kappa shape index (κ1) is 15.6. The van der Waals surface area contributed by atoms with Crippen molar-refractivity contribution >= 4 is 17.2 Å².